The van der Waals surface area contributed by atoms with Crippen LogP contribution in [0.25, 0.3) is 0 Å². The smallest absolute Gasteiger partial charge is 0.223 e. The fraction of sp³-hybridized carbons (Fsp3) is 0.529. The zero-order valence-corrected chi connectivity index (χ0v) is 13.6. The molecule has 1 fully saturated rings. The van der Waals surface area contributed by atoms with Crippen LogP contribution in [0.4, 0.5) is 0 Å². The minimum atomic E-state index is 0.239. The Balaban J connectivity index is 1.74. The fourth-order valence-electron chi connectivity index (χ4n) is 3.03. The van der Waals surface area contributed by atoms with Crippen LogP contribution in [-0.4, -0.2) is 30.5 Å². The summed E-state index contributed by atoms with van der Waals surface area (Å²) in [6.07, 6.45) is 2.10. The number of ether oxygens (including phenoxy) is 2. The summed E-state index contributed by atoms with van der Waals surface area (Å²) in [7, 11) is 1.68. The van der Waals surface area contributed by atoms with Crippen molar-refractivity contribution in [2.75, 3.05) is 20.3 Å². The number of aryl methyl sites for hydroxylation is 1. The molecule has 1 aliphatic rings. The van der Waals surface area contributed by atoms with Crippen molar-refractivity contribution in [1.82, 2.24) is 15.5 Å². The third kappa shape index (κ3) is 4.09. The summed E-state index contributed by atoms with van der Waals surface area (Å²) in [5.74, 6) is 2.68. The van der Waals surface area contributed by atoms with E-state index in [1.54, 1.807) is 14.0 Å². The second-order valence-corrected chi connectivity index (χ2v) is 5.81. The van der Waals surface area contributed by atoms with Crippen LogP contribution in [-0.2, 0) is 11.3 Å². The molecule has 0 spiro atoms. The SMILES string of the molecule is COc1ccc([C@H](NCc2noc(C)n2)C2CCOCC2)cc1. The highest BCUT2D eigenvalue weighted by molar-refractivity contribution is 5.29. The van der Waals surface area contributed by atoms with Gasteiger partial charge in [-0.3, -0.25) is 0 Å². The molecule has 0 bridgehead atoms. The third-order valence-corrected chi connectivity index (χ3v) is 4.26. The van der Waals surface area contributed by atoms with Crippen LogP contribution in [0, 0.1) is 12.8 Å². The minimum Gasteiger partial charge on any atom is -0.497 e. The van der Waals surface area contributed by atoms with Crippen LogP contribution in [0.15, 0.2) is 28.8 Å². The quantitative estimate of drug-likeness (QED) is 0.883. The number of hydrogen-bond acceptors (Lipinski definition) is 6. The molecule has 0 unspecified atom stereocenters. The topological polar surface area (TPSA) is 69.4 Å². The lowest BCUT2D eigenvalue weighted by Gasteiger charge is -2.31. The molecule has 0 amide bonds. The molecule has 0 aliphatic carbocycles. The molecule has 2 heterocycles. The van der Waals surface area contributed by atoms with Crippen LogP contribution in [0.2, 0.25) is 0 Å². The number of methoxy groups -OCH3 is 1. The van der Waals surface area contributed by atoms with Crippen molar-refractivity contribution in [1.29, 1.82) is 0 Å². The lowest BCUT2D eigenvalue weighted by Crippen LogP contribution is -2.32. The summed E-state index contributed by atoms with van der Waals surface area (Å²) in [4.78, 5) is 4.26. The van der Waals surface area contributed by atoms with E-state index in [1.807, 2.05) is 12.1 Å². The van der Waals surface area contributed by atoms with Crippen LogP contribution in [0.3, 0.4) is 0 Å². The van der Waals surface area contributed by atoms with Crippen molar-refractivity contribution in [3.8, 4) is 5.75 Å². The maximum absolute atomic E-state index is 5.50. The minimum absolute atomic E-state index is 0.239. The van der Waals surface area contributed by atoms with E-state index >= 15 is 0 Å². The maximum atomic E-state index is 5.50. The normalized spacial score (nSPS) is 17.1. The van der Waals surface area contributed by atoms with E-state index in [-0.39, 0.29) is 6.04 Å². The predicted molar refractivity (Wildman–Crippen MR) is 85.2 cm³/mol. The molecule has 1 atom stereocenters. The molecule has 6 heteroatoms. The number of nitrogens with one attached hydrogen (secondary N) is 1. The summed E-state index contributed by atoms with van der Waals surface area (Å²) >= 11 is 0. The van der Waals surface area contributed by atoms with Gasteiger partial charge in [-0.15, -0.1) is 0 Å². The maximum Gasteiger partial charge on any atom is 0.223 e. The monoisotopic (exact) mass is 317 g/mol. The number of nitrogens with zero attached hydrogens (tertiary/aromatic N) is 2. The molecule has 2 aromatic rings. The van der Waals surface area contributed by atoms with Gasteiger partial charge < -0.3 is 19.3 Å². The van der Waals surface area contributed by atoms with E-state index in [1.165, 1.54) is 5.56 Å². The number of benzene rings is 1. The van der Waals surface area contributed by atoms with Gasteiger partial charge in [-0.1, -0.05) is 17.3 Å². The van der Waals surface area contributed by atoms with Gasteiger partial charge in [-0.25, -0.2) is 0 Å². The highest BCUT2D eigenvalue weighted by atomic mass is 16.5. The lowest BCUT2D eigenvalue weighted by atomic mass is 9.87. The van der Waals surface area contributed by atoms with E-state index < -0.39 is 0 Å². The van der Waals surface area contributed by atoms with Gasteiger partial charge in [-0.2, -0.15) is 4.98 Å². The second-order valence-electron chi connectivity index (χ2n) is 5.81. The molecule has 124 valence electrons. The Hall–Kier alpha value is -1.92. The molecule has 1 N–H and O–H groups in total. The molecule has 1 saturated heterocycles. The molecule has 1 aromatic heterocycles. The molecule has 0 saturated carbocycles. The number of rotatable bonds is 6. The van der Waals surface area contributed by atoms with E-state index in [4.69, 9.17) is 14.0 Å². The van der Waals surface area contributed by atoms with Crippen molar-refractivity contribution in [3.63, 3.8) is 0 Å². The van der Waals surface area contributed by atoms with E-state index in [2.05, 4.69) is 27.6 Å². The molecule has 6 nitrogen and oxygen atoms in total. The van der Waals surface area contributed by atoms with Gasteiger partial charge in [0, 0.05) is 26.2 Å². The molecule has 0 radical (unpaired) electrons. The van der Waals surface area contributed by atoms with E-state index in [0.717, 1.165) is 31.8 Å². The van der Waals surface area contributed by atoms with Gasteiger partial charge in [0.15, 0.2) is 5.82 Å². The standard InChI is InChI=1S/C17H23N3O3/c1-12-19-16(20-23-12)11-18-17(14-7-9-22-10-8-14)13-3-5-15(21-2)6-4-13/h3-6,14,17-18H,7-11H2,1-2H3/t17-/m0/s1. The summed E-state index contributed by atoms with van der Waals surface area (Å²) in [5.41, 5.74) is 1.25. The number of hydrogen-bond donors (Lipinski definition) is 1. The van der Waals surface area contributed by atoms with Gasteiger partial charge in [0.2, 0.25) is 5.89 Å². The molecule has 1 aliphatic heterocycles. The molecular weight excluding hydrogens is 294 g/mol. The van der Waals surface area contributed by atoms with Crippen molar-refractivity contribution in [2.24, 2.45) is 5.92 Å². The first-order valence-corrected chi connectivity index (χ1v) is 8.00. The Bertz CT molecular complexity index is 606. The van der Waals surface area contributed by atoms with Crippen LogP contribution in [0.5, 0.6) is 5.75 Å². The largest absolute Gasteiger partial charge is 0.497 e. The first kappa shape index (κ1) is 16.0. The predicted octanol–water partition coefficient (Wildman–Crippen LogP) is 2.64. The summed E-state index contributed by atoms with van der Waals surface area (Å²) in [6, 6.07) is 8.48. The molecular formula is C17H23N3O3. The molecule has 3 rings (SSSR count). The Morgan fingerprint density at radius 3 is 2.61 bits per heavy atom. The van der Waals surface area contributed by atoms with Crippen molar-refractivity contribution < 1.29 is 14.0 Å². The molecule has 23 heavy (non-hydrogen) atoms. The Morgan fingerprint density at radius 1 is 1.26 bits per heavy atom. The van der Waals surface area contributed by atoms with Gasteiger partial charge in [0.25, 0.3) is 0 Å². The van der Waals surface area contributed by atoms with Crippen LogP contribution < -0.4 is 10.1 Å². The van der Waals surface area contributed by atoms with Crippen LogP contribution >= 0.6 is 0 Å². The van der Waals surface area contributed by atoms with Gasteiger partial charge in [0.1, 0.15) is 5.75 Å². The summed E-state index contributed by atoms with van der Waals surface area (Å²) in [6.45, 7) is 4.03. The highest BCUT2D eigenvalue weighted by Gasteiger charge is 2.25. The van der Waals surface area contributed by atoms with E-state index in [9.17, 15) is 0 Å². The van der Waals surface area contributed by atoms with Crippen molar-refractivity contribution in [2.45, 2.75) is 32.4 Å². The Morgan fingerprint density at radius 2 is 2.00 bits per heavy atom. The average molecular weight is 317 g/mol. The summed E-state index contributed by atoms with van der Waals surface area (Å²) in [5, 5.41) is 7.55. The molecule has 1 aromatic carbocycles. The zero-order chi connectivity index (χ0) is 16.1. The third-order valence-electron chi connectivity index (χ3n) is 4.26. The number of aromatic nitrogens is 2. The van der Waals surface area contributed by atoms with Crippen molar-refractivity contribution in [3.05, 3.63) is 41.5 Å². The van der Waals surface area contributed by atoms with E-state index in [0.29, 0.717) is 24.2 Å². The zero-order valence-electron chi connectivity index (χ0n) is 13.6. The summed E-state index contributed by atoms with van der Waals surface area (Å²) < 4.78 is 15.8. The van der Waals surface area contributed by atoms with Crippen molar-refractivity contribution >= 4 is 0 Å². The first-order chi connectivity index (χ1) is 11.3. The second kappa shape index (κ2) is 7.57. The average Bonchev–Trinajstić information content (AvgIpc) is 3.02. The van der Waals surface area contributed by atoms with Gasteiger partial charge in [-0.05, 0) is 36.5 Å². The Kier molecular flexibility index (Phi) is 5.25. The van der Waals surface area contributed by atoms with Gasteiger partial charge in [0.05, 0.1) is 13.7 Å². The fourth-order valence-corrected chi connectivity index (χ4v) is 3.03. The van der Waals surface area contributed by atoms with Gasteiger partial charge >= 0.3 is 0 Å². The first-order valence-electron chi connectivity index (χ1n) is 8.00. The van der Waals surface area contributed by atoms with Crippen LogP contribution in [0.1, 0.15) is 36.2 Å². The lowest BCUT2D eigenvalue weighted by molar-refractivity contribution is 0.0532. The highest BCUT2D eigenvalue weighted by Crippen LogP contribution is 2.31. The Labute approximate surface area is 136 Å².